The molecular formula is C20H23NO3. The van der Waals surface area contributed by atoms with Crippen LogP contribution in [0.4, 0.5) is 5.69 Å². The topological polar surface area (TPSA) is 38.8 Å². The molecule has 0 spiro atoms. The van der Waals surface area contributed by atoms with Crippen molar-refractivity contribution in [1.29, 1.82) is 0 Å². The zero-order valence-electron chi connectivity index (χ0n) is 14.4. The van der Waals surface area contributed by atoms with Gasteiger partial charge in [0, 0.05) is 24.4 Å². The third-order valence-electron chi connectivity index (χ3n) is 4.18. The van der Waals surface area contributed by atoms with Gasteiger partial charge in [-0.2, -0.15) is 0 Å². The zero-order chi connectivity index (χ0) is 17.1. The Morgan fingerprint density at radius 1 is 1.12 bits per heavy atom. The Labute approximate surface area is 143 Å². The summed E-state index contributed by atoms with van der Waals surface area (Å²) in [5.41, 5.74) is 5.39. The van der Waals surface area contributed by atoms with Gasteiger partial charge in [0.2, 0.25) is 0 Å². The van der Waals surface area contributed by atoms with Crippen molar-refractivity contribution in [3.05, 3.63) is 53.6 Å². The van der Waals surface area contributed by atoms with Crippen molar-refractivity contribution in [2.45, 2.75) is 33.1 Å². The number of nitrogens with zero attached hydrogens (tertiary/aromatic N) is 1. The van der Waals surface area contributed by atoms with E-state index in [0.29, 0.717) is 13.2 Å². The summed E-state index contributed by atoms with van der Waals surface area (Å²) in [6.45, 7) is 5.23. The van der Waals surface area contributed by atoms with Gasteiger partial charge < -0.3 is 14.4 Å². The molecular weight excluding hydrogens is 302 g/mol. The van der Waals surface area contributed by atoms with Crippen LogP contribution in [-0.4, -0.2) is 25.7 Å². The van der Waals surface area contributed by atoms with Crippen molar-refractivity contribution >= 4 is 11.6 Å². The predicted octanol–water partition coefficient (Wildman–Crippen LogP) is 3.77. The molecule has 1 aliphatic rings. The molecule has 2 aromatic rings. The number of amides is 1. The average molecular weight is 325 g/mol. The van der Waals surface area contributed by atoms with Crippen LogP contribution in [0.25, 0.3) is 11.1 Å². The fourth-order valence-corrected chi connectivity index (χ4v) is 3.14. The molecule has 0 unspecified atom stereocenters. The van der Waals surface area contributed by atoms with Crippen LogP contribution in [0, 0.1) is 0 Å². The second-order valence-electron chi connectivity index (χ2n) is 6.33. The molecule has 0 saturated heterocycles. The highest BCUT2D eigenvalue weighted by Crippen LogP contribution is 2.31. The number of ether oxygens (including phenoxy) is 2. The number of methoxy groups -OCH3 is 1. The summed E-state index contributed by atoms with van der Waals surface area (Å²) < 4.78 is 10.8. The van der Waals surface area contributed by atoms with Gasteiger partial charge in [-0.25, -0.2) is 0 Å². The molecule has 1 amide bonds. The van der Waals surface area contributed by atoms with Gasteiger partial charge >= 0.3 is 0 Å². The summed E-state index contributed by atoms with van der Waals surface area (Å²) in [6.07, 6.45) is 0. The van der Waals surface area contributed by atoms with Crippen LogP contribution in [0.3, 0.4) is 0 Å². The highest BCUT2D eigenvalue weighted by atomic mass is 16.5. The van der Waals surface area contributed by atoms with E-state index in [1.807, 2.05) is 30.9 Å². The molecule has 0 atom stereocenters. The van der Waals surface area contributed by atoms with E-state index in [9.17, 15) is 4.79 Å². The molecule has 0 N–H and O–H groups in total. The van der Waals surface area contributed by atoms with Gasteiger partial charge in [0.25, 0.3) is 5.91 Å². The molecule has 3 rings (SSSR count). The van der Waals surface area contributed by atoms with Gasteiger partial charge in [0.1, 0.15) is 6.61 Å². The fourth-order valence-electron chi connectivity index (χ4n) is 3.14. The summed E-state index contributed by atoms with van der Waals surface area (Å²) in [6, 6.07) is 14.6. The second kappa shape index (κ2) is 7.16. The summed E-state index contributed by atoms with van der Waals surface area (Å²) >= 11 is 0. The lowest BCUT2D eigenvalue weighted by atomic mass is 9.99. The first kappa shape index (κ1) is 16.7. The third-order valence-corrected chi connectivity index (χ3v) is 4.18. The van der Waals surface area contributed by atoms with Crippen LogP contribution < -0.4 is 4.90 Å². The molecule has 0 saturated carbocycles. The van der Waals surface area contributed by atoms with Crippen LogP contribution in [0.1, 0.15) is 25.0 Å². The Morgan fingerprint density at radius 2 is 1.92 bits per heavy atom. The molecule has 0 aliphatic carbocycles. The Balaban J connectivity index is 2.00. The van der Waals surface area contributed by atoms with Crippen molar-refractivity contribution in [3.63, 3.8) is 0 Å². The number of hydrogen-bond donors (Lipinski definition) is 0. The molecule has 0 aromatic heterocycles. The number of carbonyl (C=O) groups is 1. The lowest BCUT2D eigenvalue weighted by Gasteiger charge is -2.26. The van der Waals surface area contributed by atoms with E-state index < -0.39 is 0 Å². The third kappa shape index (κ3) is 3.35. The number of fused-ring (bicyclic) bond motifs is 1. The summed E-state index contributed by atoms with van der Waals surface area (Å²) in [7, 11) is 1.70. The van der Waals surface area contributed by atoms with Gasteiger partial charge in [-0.3, -0.25) is 4.79 Å². The molecule has 4 nitrogen and oxygen atoms in total. The molecule has 0 bridgehead atoms. The Bertz CT molecular complexity index is 739. The van der Waals surface area contributed by atoms with Crippen molar-refractivity contribution in [3.8, 4) is 11.1 Å². The number of hydrogen-bond acceptors (Lipinski definition) is 3. The first-order chi connectivity index (χ1) is 11.6. The zero-order valence-corrected chi connectivity index (χ0v) is 14.4. The van der Waals surface area contributed by atoms with Crippen LogP contribution in [-0.2, 0) is 27.5 Å². The van der Waals surface area contributed by atoms with Crippen molar-refractivity contribution < 1.29 is 14.3 Å². The van der Waals surface area contributed by atoms with Gasteiger partial charge in [0.15, 0.2) is 0 Å². The van der Waals surface area contributed by atoms with E-state index in [1.54, 1.807) is 7.11 Å². The highest BCUT2D eigenvalue weighted by molar-refractivity contribution is 5.96. The number of rotatable bonds is 4. The molecule has 24 heavy (non-hydrogen) atoms. The van der Waals surface area contributed by atoms with Crippen LogP contribution in [0.2, 0.25) is 0 Å². The van der Waals surface area contributed by atoms with Crippen LogP contribution >= 0.6 is 0 Å². The smallest absolute Gasteiger partial charge is 0.253 e. The van der Waals surface area contributed by atoms with E-state index in [1.165, 1.54) is 0 Å². The minimum atomic E-state index is 0.0126. The second-order valence-corrected chi connectivity index (χ2v) is 6.33. The minimum Gasteiger partial charge on any atom is -0.380 e. The summed E-state index contributed by atoms with van der Waals surface area (Å²) in [4.78, 5) is 14.1. The van der Waals surface area contributed by atoms with Gasteiger partial charge in [-0.1, -0.05) is 24.3 Å². The van der Waals surface area contributed by atoms with Crippen molar-refractivity contribution in [1.82, 2.24) is 0 Å². The van der Waals surface area contributed by atoms with E-state index in [0.717, 1.165) is 27.9 Å². The molecule has 1 heterocycles. The molecule has 1 aliphatic heterocycles. The SMILES string of the molecule is COCc1cccc(-c2ccc3c(c2)COCC(=O)N3C(C)C)c1. The quantitative estimate of drug-likeness (QED) is 0.859. The molecule has 0 fully saturated rings. The minimum absolute atomic E-state index is 0.0126. The first-order valence-corrected chi connectivity index (χ1v) is 8.21. The number of anilines is 1. The highest BCUT2D eigenvalue weighted by Gasteiger charge is 2.25. The van der Waals surface area contributed by atoms with Crippen molar-refractivity contribution in [2.24, 2.45) is 0 Å². The monoisotopic (exact) mass is 325 g/mol. The maximum absolute atomic E-state index is 12.3. The number of carbonyl (C=O) groups excluding carboxylic acids is 1. The fraction of sp³-hybridized carbons (Fsp3) is 0.350. The van der Waals surface area contributed by atoms with Gasteiger partial charge in [-0.05, 0) is 48.7 Å². The Morgan fingerprint density at radius 3 is 2.67 bits per heavy atom. The maximum atomic E-state index is 12.3. The predicted molar refractivity (Wildman–Crippen MR) is 94.9 cm³/mol. The molecule has 2 aromatic carbocycles. The standard InChI is InChI=1S/C20H23NO3/c1-14(2)21-19-8-7-17(10-18(19)12-24-13-20(21)22)16-6-4-5-15(9-16)11-23-3/h4-10,14H,11-13H2,1-3H3. The lowest BCUT2D eigenvalue weighted by molar-refractivity contribution is -0.123. The first-order valence-electron chi connectivity index (χ1n) is 8.21. The van der Waals surface area contributed by atoms with E-state index >= 15 is 0 Å². The average Bonchev–Trinajstić information content (AvgIpc) is 2.72. The van der Waals surface area contributed by atoms with Gasteiger partial charge in [-0.15, -0.1) is 0 Å². The lowest BCUT2D eigenvalue weighted by Crippen LogP contribution is -2.38. The van der Waals surface area contributed by atoms with Crippen LogP contribution in [0.15, 0.2) is 42.5 Å². The summed E-state index contributed by atoms with van der Waals surface area (Å²) in [5.74, 6) is 0.0126. The molecule has 4 heteroatoms. The largest absolute Gasteiger partial charge is 0.380 e. The maximum Gasteiger partial charge on any atom is 0.253 e. The van der Waals surface area contributed by atoms with E-state index in [4.69, 9.17) is 9.47 Å². The van der Waals surface area contributed by atoms with Crippen LogP contribution in [0.5, 0.6) is 0 Å². The molecule has 126 valence electrons. The Kier molecular flexibility index (Phi) is 4.97. The summed E-state index contributed by atoms with van der Waals surface area (Å²) in [5, 5.41) is 0. The normalized spacial score (nSPS) is 14.7. The number of benzene rings is 2. The van der Waals surface area contributed by atoms with Crippen molar-refractivity contribution in [2.75, 3.05) is 18.6 Å². The van der Waals surface area contributed by atoms with Gasteiger partial charge in [0.05, 0.1) is 13.2 Å². The molecule has 0 radical (unpaired) electrons. The Hall–Kier alpha value is -2.17. The van der Waals surface area contributed by atoms with E-state index in [2.05, 4.69) is 30.3 Å². The van der Waals surface area contributed by atoms with E-state index in [-0.39, 0.29) is 18.6 Å².